The Morgan fingerprint density at radius 1 is 1.29 bits per heavy atom. The summed E-state index contributed by atoms with van der Waals surface area (Å²) in [5.74, 6) is 0. The van der Waals surface area contributed by atoms with Gasteiger partial charge >= 0.3 is 0 Å². The minimum Gasteiger partial charge on any atom is -0.329 e. The number of piperidine rings is 1. The standard InChI is InChI=1S/C11H24N2O2S2/c1-10(2,3)17(14,15)13-7-5-11(9-12,16-4)6-8-13/h5-9,12H2,1-4H3. The molecule has 17 heavy (non-hydrogen) atoms. The van der Waals surface area contributed by atoms with Crippen LogP contribution in [0.25, 0.3) is 0 Å². The Balaban J connectivity index is 2.77. The molecule has 0 radical (unpaired) electrons. The molecule has 6 heteroatoms. The fourth-order valence-corrected chi connectivity index (χ4v) is 4.21. The van der Waals surface area contributed by atoms with Crippen LogP contribution in [0.15, 0.2) is 0 Å². The van der Waals surface area contributed by atoms with Gasteiger partial charge in [-0.25, -0.2) is 12.7 Å². The number of nitrogens with two attached hydrogens (primary N) is 1. The van der Waals surface area contributed by atoms with Crippen molar-refractivity contribution in [3.63, 3.8) is 0 Å². The third-order valence-electron chi connectivity index (χ3n) is 3.55. The van der Waals surface area contributed by atoms with Crippen LogP contribution in [0.1, 0.15) is 33.6 Å². The number of hydrogen-bond acceptors (Lipinski definition) is 4. The second-order valence-corrected chi connectivity index (χ2v) is 9.57. The van der Waals surface area contributed by atoms with Crippen LogP contribution in [0.4, 0.5) is 0 Å². The maximum atomic E-state index is 12.3. The van der Waals surface area contributed by atoms with E-state index in [0.29, 0.717) is 19.6 Å². The Morgan fingerprint density at radius 2 is 1.76 bits per heavy atom. The van der Waals surface area contributed by atoms with E-state index in [9.17, 15) is 8.42 Å². The second kappa shape index (κ2) is 5.07. The maximum Gasteiger partial charge on any atom is 0.219 e. The number of sulfonamides is 1. The molecule has 1 saturated heterocycles. The van der Waals surface area contributed by atoms with Crippen LogP contribution < -0.4 is 5.73 Å². The number of nitrogens with zero attached hydrogens (tertiary/aromatic N) is 1. The van der Waals surface area contributed by atoms with Gasteiger partial charge in [0.05, 0.1) is 4.75 Å². The van der Waals surface area contributed by atoms with E-state index in [1.54, 1.807) is 36.8 Å². The van der Waals surface area contributed by atoms with Gasteiger partial charge in [-0.05, 0) is 39.9 Å². The Labute approximate surface area is 109 Å². The first-order valence-corrected chi connectivity index (χ1v) is 8.60. The lowest BCUT2D eigenvalue weighted by Crippen LogP contribution is -2.52. The van der Waals surface area contributed by atoms with Crippen LogP contribution in [0.3, 0.4) is 0 Å². The molecule has 1 aliphatic rings. The zero-order chi connectivity index (χ0) is 13.3. The monoisotopic (exact) mass is 280 g/mol. The lowest BCUT2D eigenvalue weighted by Gasteiger charge is -2.41. The Kier molecular flexibility index (Phi) is 4.56. The van der Waals surface area contributed by atoms with Crippen LogP contribution in [0.2, 0.25) is 0 Å². The molecule has 0 aromatic heterocycles. The summed E-state index contributed by atoms with van der Waals surface area (Å²) in [6.45, 7) is 7.07. The van der Waals surface area contributed by atoms with Gasteiger partial charge in [0.25, 0.3) is 0 Å². The van der Waals surface area contributed by atoms with Gasteiger partial charge in [0.1, 0.15) is 0 Å². The predicted molar refractivity (Wildman–Crippen MR) is 74.8 cm³/mol. The third-order valence-corrected chi connectivity index (χ3v) is 7.59. The van der Waals surface area contributed by atoms with Gasteiger partial charge < -0.3 is 5.73 Å². The van der Waals surface area contributed by atoms with Crippen molar-refractivity contribution in [2.24, 2.45) is 5.73 Å². The molecular formula is C11H24N2O2S2. The lowest BCUT2D eigenvalue weighted by molar-refractivity contribution is 0.295. The lowest BCUT2D eigenvalue weighted by atomic mass is 9.97. The number of rotatable bonds is 3. The Morgan fingerprint density at radius 3 is 2.06 bits per heavy atom. The van der Waals surface area contributed by atoms with Crippen molar-refractivity contribution in [2.75, 3.05) is 25.9 Å². The summed E-state index contributed by atoms with van der Waals surface area (Å²) in [6, 6.07) is 0. The molecule has 0 saturated carbocycles. The molecule has 1 heterocycles. The van der Waals surface area contributed by atoms with Crippen molar-refractivity contribution in [2.45, 2.75) is 43.1 Å². The first-order chi connectivity index (χ1) is 7.68. The van der Waals surface area contributed by atoms with Crippen molar-refractivity contribution < 1.29 is 8.42 Å². The van der Waals surface area contributed by atoms with Gasteiger partial charge in [0.15, 0.2) is 0 Å². The molecule has 1 rings (SSSR count). The zero-order valence-corrected chi connectivity index (χ0v) is 12.8. The van der Waals surface area contributed by atoms with Gasteiger partial charge in [-0.2, -0.15) is 11.8 Å². The fraction of sp³-hybridized carbons (Fsp3) is 1.00. The van der Waals surface area contributed by atoms with Crippen molar-refractivity contribution in [3.8, 4) is 0 Å². The van der Waals surface area contributed by atoms with Crippen LogP contribution in [-0.2, 0) is 10.0 Å². The largest absolute Gasteiger partial charge is 0.329 e. The number of thioether (sulfide) groups is 1. The minimum atomic E-state index is -3.18. The summed E-state index contributed by atoms with van der Waals surface area (Å²) in [5.41, 5.74) is 5.80. The SMILES string of the molecule is CSC1(CN)CCN(S(=O)(=O)C(C)(C)C)CC1. The van der Waals surface area contributed by atoms with E-state index < -0.39 is 14.8 Å². The Hall–Kier alpha value is 0.220. The van der Waals surface area contributed by atoms with Crippen molar-refractivity contribution >= 4 is 21.8 Å². The van der Waals surface area contributed by atoms with Crippen molar-refractivity contribution in [1.29, 1.82) is 0 Å². The summed E-state index contributed by atoms with van der Waals surface area (Å²) in [6.07, 6.45) is 3.75. The van der Waals surface area contributed by atoms with E-state index in [-0.39, 0.29) is 4.75 Å². The maximum absolute atomic E-state index is 12.3. The van der Waals surface area contributed by atoms with Crippen LogP contribution >= 0.6 is 11.8 Å². The molecule has 1 aliphatic heterocycles. The van der Waals surface area contributed by atoms with E-state index in [2.05, 4.69) is 6.26 Å². The predicted octanol–water partition coefficient (Wildman–Crippen LogP) is 1.27. The normalized spacial score (nSPS) is 22.6. The zero-order valence-electron chi connectivity index (χ0n) is 11.2. The van der Waals surface area contributed by atoms with Gasteiger partial charge in [0.2, 0.25) is 10.0 Å². The van der Waals surface area contributed by atoms with Gasteiger partial charge in [-0.15, -0.1) is 0 Å². The van der Waals surface area contributed by atoms with Crippen LogP contribution in [0, 0.1) is 0 Å². The molecule has 4 nitrogen and oxygen atoms in total. The fourth-order valence-electron chi connectivity index (χ4n) is 2.01. The van der Waals surface area contributed by atoms with E-state index in [0.717, 1.165) is 12.8 Å². The summed E-state index contributed by atoms with van der Waals surface area (Å²) in [4.78, 5) is 0. The van der Waals surface area contributed by atoms with E-state index in [1.807, 2.05) is 0 Å². The average molecular weight is 280 g/mol. The highest BCUT2D eigenvalue weighted by Crippen LogP contribution is 2.35. The molecule has 102 valence electrons. The average Bonchev–Trinajstić information content (AvgIpc) is 2.27. The van der Waals surface area contributed by atoms with Gasteiger partial charge in [-0.1, -0.05) is 0 Å². The van der Waals surface area contributed by atoms with Crippen LogP contribution in [0.5, 0.6) is 0 Å². The molecule has 0 unspecified atom stereocenters. The molecule has 0 spiro atoms. The van der Waals surface area contributed by atoms with Crippen molar-refractivity contribution in [3.05, 3.63) is 0 Å². The summed E-state index contributed by atoms with van der Waals surface area (Å²) >= 11 is 1.77. The molecule has 2 N–H and O–H groups in total. The highest BCUT2D eigenvalue weighted by atomic mass is 32.2. The highest BCUT2D eigenvalue weighted by Gasteiger charge is 2.41. The minimum absolute atomic E-state index is 0.0733. The molecule has 0 aromatic rings. The molecule has 0 atom stereocenters. The summed E-state index contributed by atoms with van der Waals surface area (Å²) in [5, 5.41) is 0. The number of hydrogen-bond donors (Lipinski definition) is 1. The smallest absolute Gasteiger partial charge is 0.219 e. The van der Waals surface area contributed by atoms with Crippen LogP contribution in [-0.4, -0.2) is 48.1 Å². The van der Waals surface area contributed by atoms with Crippen molar-refractivity contribution in [1.82, 2.24) is 4.31 Å². The molecule has 0 bridgehead atoms. The summed E-state index contributed by atoms with van der Waals surface area (Å²) < 4.78 is 25.5. The first kappa shape index (κ1) is 15.3. The quantitative estimate of drug-likeness (QED) is 0.845. The van der Waals surface area contributed by atoms with E-state index >= 15 is 0 Å². The summed E-state index contributed by atoms with van der Waals surface area (Å²) in [7, 11) is -3.18. The third kappa shape index (κ3) is 2.97. The molecule has 0 aliphatic carbocycles. The molecule has 0 aromatic carbocycles. The van der Waals surface area contributed by atoms with Gasteiger partial charge in [-0.3, -0.25) is 0 Å². The Bertz CT molecular complexity index is 346. The molecule has 0 amide bonds. The highest BCUT2D eigenvalue weighted by molar-refractivity contribution is 8.00. The first-order valence-electron chi connectivity index (χ1n) is 5.93. The van der Waals surface area contributed by atoms with Gasteiger partial charge in [0, 0.05) is 24.4 Å². The van der Waals surface area contributed by atoms with E-state index in [1.165, 1.54) is 0 Å². The topological polar surface area (TPSA) is 63.4 Å². The molecular weight excluding hydrogens is 256 g/mol. The van der Waals surface area contributed by atoms with E-state index in [4.69, 9.17) is 5.73 Å². The second-order valence-electron chi connectivity index (χ2n) is 5.61. The molecule has 1 fully saturated rings.